The van der Waals surface area contributed by atoms with Gasteiger partial charge >= 0.3 is 12.4 Å². The average Bonchev–Trinajstić information content (AvgIpc) is 2.87. The number of sulfonamides is 1. The number of hydrogen-bond acceptors (Lipinski definition) is 6. The number of nitrogens with zero attached hydrogens (tertiary/aromatic N) is 3. The van der Waals surface area contributed by atoms with Crippen molar-refractivity contribution in [2.45, 2.75) is 36.6 Å². The lowest BCUT2D eigenvalue weighted by atomic mass is 9.90. The smallest absolute Gasteiger partial charge is 0.356 e. The molecule has 1 amide bonds. The van der Waals surface area contributed by atoms with E-state index >= 15 is 0 Å². The first kappa shape index (κ1) is 29.3. The Morgan fingerprint density at radius 2 is 1.68 bits per heavy atom. The van der Waals surface area contributed by atoms with E-state index in [4.69, 9.17) is 5.14 Å². The number of amides is 1. The summed E-state index contributed by atoms with van der Waals surface area (Å²) in [7, 11) is -4.21. The number of aromatic nitrogens is 2. The fraction of sp³-hybridized carbons (Fsp3) is 0.320. The van der Waals surface area contributed by atoms with E-state index in [1.165, 1.54) is 18.2 Å². The highest BCUT2D eigenvalue weighted by Crippen LogP contribution is 2.34. The van der Waals surface area contributed by atoms with Gasteiger partial charge in [0.1, 0.15) is 5.82 Å². The molecule has 3 heterocycles. The third kappa shape index (κ3) is 7.07. The molecule has 1 fully saturated rings. The number of carbonyl (C=O) groups excluding carboxylic acids is 1. The molecule has 15 heteroatoms. The Hall–Kier alpha value is -3.72. The van der Waals surface area contributed by atoms with Crippen LogP contribution in [-0.2, 0) is 28.8 Å². The molecular formula is C25H23F6N5O3S. The molecule has 1 aliphatic heterocycles. The summed E-state index contributed by atoms with van der Waals surface area (Å²) in [4.78, 5) is 22.4. The Bertz CT molecular complexity index is 1490. The van der Waals surface area contributed by atoms with E-state index in [1.54, 1.807) is 4.90 Å². The molecule has 214 valence electrons. The van der Waals surface area contributed by atoms with E-state index in [-0.39, 0.29) is 23.0 Å². The van der Waals surface area contributed by atoms with Crippen LogP contribution in [-0.4, -0.2) is 37.4 Å². The number of anilines is 2. The van der Waals surface area contributed by atoms with Crippen molar-refractivity contribution < 1.29 is 39.6 Å². The SMILES string of the molecule is NS(=O)(=O)c1cc(NC(=O)c2cc(C(F)(F)F)cnc2N2CCC[C@@H](Cc3ccc(C(F)(F)F)cc3)C2)ccn1. The van der Waals surface area contributed by atoms with Crippen molar-refractivity contribution in [3.63, 3.8) is 0 Å². The third-order valence-electron chi connectivity index (χ3n) is 6.35. The second-order valence-corrected chi connectivity index (χ2v) is 10.8. The lowest BCUT2D eigenvalue weighted by molar-refractivity contribution is -0.138. The molecule has 2 aromatic heterocycles. The van der Waals surface area contributed by atoms with E-state index in [0.717, 1.165) is 24.4 Å². The maximum Gasteiger partial charge on any atom is 0.417 e. The van der Waals surface area contributed by atoms with Gasteiger partial charge in [-0.05, 0) is 55.0 Å². The van der Waals surface area contributed by atoms with Crippen LogP contribution >= 0.6 is 0 Å². The van der Waals surface area contributed by atoms with Crippen LogP contribution in [0, 0.1) is 5.92 Å². The van der Waals surface area contributed by atoms with Crippen molar-refractivity contribution in [2.24, 2.45) is 11.1 Å². The summed E-state index contributed by atoms with van der Waals surface area (Å²) in [6, 6.07) is 7.65. The van der Waals surface area contributed by atoms with Gasteiger partial charge in [0, 0.05) is 37.2 Å². The van der Waals surface area contributed by atoms with Gasteiger partial charge in [0.2, 0.25) is 0 Å². The number of primary sulfonamides is 1. The molecule has 1 atom stereocenters. The molecule has 3 N–H and O–H groups in total. The Balaban J connectivity index is 1.59. The van der Waals surface area contributed by atoms with Crippen molar-refractivity contribution in [1.82, 2.24) is 9.97 Å². The number of hydrogen-bond donors (Lipinski definition) is 2. The van der Waals surface area contributed by atoms with Crippen LogP contribution < -0.4 is 15.4 Å². The minimum atomic E-state index is -4.79. The molecule has 4 rings (SSSR count). The first-order valence-electron chi connectivity index (χ1n) is 11.9. The predicted octanol–water partition coefficient (Wildman–Crippen LogP) is 4.87. The van der Waals surface area contributed by atoms with E-state index < -0.39 is 44.4 Å². The van der Waals surface area contributed by atoms with Crippen molar-refractivity contribution >= 4 is 27.4 Å². The zero-order valence-corrected chi connectivity index (χ0v) is 21.4. The van der Waals surface area contributed by atoms with Crippen molar-refractivity contribution in [3.8, 4) is 0 Å². The minimum Gasteiger partial charge on any atom is -0.356 e. The maximum absolute atomic E-state index is 13.5. The Morgan fingerprint density at radius 3 is 2.30 bits per heavy atom. The largest absolute Gasteiger partial charge is 0.417 e. The predicted molar refractivity (Wildman–Crippen MR) is 133 cm³/mol. The van der Waals surface area contributed by atoms with Gasteiger partial charge in [0.15, 0.2) is 5.03 Å². The van der Waals surface area contributed by atoms with Crippen LogP contribution in [0.15, 0.2) is 59.9 Å². The summed E-state index contributed by atoms with van der Waals surface area (Å²) < 4.78 is 102. The summed E-state index contributed by atoms with van der Waals surface area (Å²) >= 11 is 0. The van der Waals surface area contributed by atoms with E-state index in [1.807, 2.05) is 0 Å². The van der Waals surface area contributed by atoms with Gasteiger partial charge in [-0.15, -0.1) is 0 Å². The quantitative estimate of drug-likeness (QED) is 0.398. The molecule has 0 radical (unpaired) electrons. The number of piperidine rings is 1. The summed E-state index contributed by atoms with van der Waals surface area (Å²) in [6.45, 7) is 0.678. The molecule has 1 aliphatic rings. The van der Waals surface area contributed by atoms with E-state index in [0.29, 0.717) is 50.2 Å². The summed E-state index contributed by atoms with van der Waals surface area (Å²) in [5, 5.41) is 6.88. The van der Waals surface area contributed by atoms with Crippen molar-refractivity contribution in [1.29, 1.82) is 0 Å². The number of benzene rings is 1. The van der Waals surface area contributed by atoms with Crippen LogP contribution in [0.1, 0.15) is 39.9 Å². The minimum absolute atomic E-state index is 0.0108. The third-order valence-corrected chi connectivity index (χ3v) is 7.15. The summed E-state index contributed by atoms with van der Waals surface area (Å²) in [5.74, 6) is -1.05. The molecule has 0 aliphatic carbocycles. The van der Waals surface area contributed by atoms with Gasteiger partial charge in [0.25, 0.3) is 15.9 Å². The topological polar surface area (TPSA) is 118 Å². The molecule has 0 bridgehead atoms. The first-order chi connectivity index (χ1) is 18.6. The molecule has 1 saturated heterocycles. The van der Waals surface area contributed by atoms with Gasteiger partial charge in [-0.3, -0.25) is 4.79 Å². The van der Waals surface area contributed by atoms with Gasteiger partial charge < -0.3 is 10.2 Å². The van der Waals surface area contributed by atoms with Gasteiger partial charge in [0.05, 0.1) is 16.7 Å². The van der Waals surface area contributed by atoms with E-state index in [9.17, 15) is 39.6 Å². The number of nitrogens with one attached hydrogen (secondary N) is 1. The van der Waals surface area contributed by atoms with Gasteiger partial charge in [-0.1, -0.05) is 12.1 Å². The highest BCUT2D eigenvalue weighted by atomic mass is 32.2. The lowest BCUT2D eigenvalue weighted by Crippen LogP contribution is -2.38. The molecule has 0 saturated carbocycles. The van der Waals surface area contributed by atoms with Crippen LogP contribution in [0.2, 0.25) is 0 Å². The lowest BCUT2D eigenvalue weighted by Gasteiger charge is -2.34. The highest BCUT2D eigenvalue weighted by Gasteiger charge is 2.34. The zero-order chi connectivity index (χ0) is 29.3. The Kier molecular flexibility index (Phi) is 8.08. The Labute approximate surface area is 225 Å². The van der Waals surface area contributed by atoms with Gasteiger partial charge in [-0.25, -0.2) is 23.5 Å². The van der Waals surface area contributed by atoms with Crippen molar-refractivity contribution in [3.05, 3.63) is 77.1 Å². The monoisotopic (exact) mass is 587 g/mol. The highest BCUT2D eigenvalue weighted by molar-refractivity contribution is 7.89. The molecule has 0 unspecified atom stereocenters. The molecule has 40 heavy (non-hydrogen) atoms. The van der Waals surface area contributed by atoms with Crippen LogP contribution in [0.4, 0.5) is 37.8 Å². The molecule has 8 nitrogen and oxygen atoms in total. The van der Waals surface area contributed by atoms with Gasteiger partial charge in [-0.2, -0.15) is 26.3 Å². The first-order valence-corrected chi connectivity index (χ1v) is 13.4. The summed E-state index contributed by atoms with van der Waals surface area (Å²) in [5.41, 5.74) is -1.71. The molecule has 0 spiro atoms. The number of pyridine rings is 2. The second-order valence-electron chi connectivity index (χ2n) is 9.33. The fourth-order valence-corrected chi connectivity index (χ4v) is 4.96. The fourth-order valence-electron chi connectivity index (χ4n) is 4.46. The number of alkyl halides is 6. The molecular weight excluding hydrogens is 564 g/mol. The Morgan fingerprint density at radius 1 is 1.00 bits per heavy atom. The number of halogens is 6. The van der Waals surface area contributed by atoms with Crippen molar-refractivity contribution in [2.75, 3.05) is 23.3 Å². The molecule has 1 aromatic carbocycles. The summed E-state index contributed by atoms with van der Waals surface area (Å²) in [6.07, 6.45) is -5.81. The maximum atomic E-state index is 13.5. The standard InChI is InChI=1S/C25H23F6N5O3S/c26-24(27,28)17-5-3-15(4-6-17)10-16-2-1-9-36(14-16)22-20(11-18(13-34-22)25(29,30)31)23(37)35-19-7-8-33-21(12-19)40(32,38)39/h3-8,11-13,16H,1-2,9-10,14H2,(H2,32,38,39)(H,33,35,37)/t16-/m0/s1. The number of rotatable bonds is 6. The van der Waals surface area contributed by atoms with Crippen LogP contribution in [0.5, 0.6) is 0 Å². The number of carbonyl (C=O) groups is 1. The zero-order valence-electron chi connectivity index (χ0n) is 20.6. The second kappa shape index (κ2) is 11.0. The van der Waals surface area contributed by atoms with Crippen LogP contribution in [0.3, 0.4) is 0 Å². The van der Waals surface area contributed by atoms with Crippen LogP contribution in [0.25, 0.3) is 0 Å². The average molecular weight is 588 g/mol. The van der Waals surface area contributed by atoms with E-state index in [2.05, 4.69) is 15.3 Å². The normalized spacial score (nSPS) is 16.6. The number of nitrogens with two attached hydrogens (primary N) is 1. The molecule has 3 aromatic rings.